The van der Waals surface area contributed by atoms with Gasteiger partial charge in [0.2, 0.25) is 0 Å². The smallest absolute Gasteiger partial charge is 0.333 e. The highest BCUT2D eigenvalue weighted by atomic mass is 16.5. The van der Waals surface area contributed by atoms with E-state index in [1.165, 1.54) is 19.3 Å². The fraction of sp³-hybridized carbons (Fsp3) is 0.500. The van der Waals surface area contributed by atoms with Crippen LogP contribution in [0.5, 0.6) is 0 Å². The maximum absolute atomic E-state index is 13.3. The lowest BCUT2D eigenvalue weighted by Gasteiger charge is -2.28. The molecule has 34 heavy (non-hydrogen) atoms. The third-order valence-corrected chi connectivity index (χ3v) is 5.99. The van der Waals surface area contributed by atoms with Gasteiger partial charge in [-0.3, -0.25) is 4.90 Å². The van der Waals surface area contributed by atoms with Crippen LogP contribution in [0.1, 0.15) is 57.1 Å². The predicted molar refractivity (Wildman–Crippen MR) is 137 cm³/mol. The molecule has 0 saturated carbocycles. The van der Waals surface area contributed by atoms with E-state index in [2.05, 4.69) is 6.92 Å². The van der Waals surface area contributed by atoms with Crippen LogP contribution in [0, 0.1) is 0 Å². The van der Waals surface area contributed by atoms with Crippen molar-refractivity contribution in [1.82, 2.24) is 4.90 Å². The Morgan fingerprint density at radius 3 is 2.15 bits per heavy atom. The van der Waals surface area contributed by atoms with Crippen molar-refractivity contribution in [2.45, 2.75) is 64.9 Å². The summed E-state index contributed by atoms with van der Waals surface area (Å²) < 4.78 is 5.32. The highest BCUT2D eigenvalue weighted by molar-refractivity contribution is 5.91. The number of ether oxygens (including phenoxy) is 1. The molecular formula is C28H40N2O4. The van der Waals surface area contributed by atoms with Gasteiger partial charge >= 0.3 is 12.0 Å². The molecule has 186 valence electrons. The van der Waals surface area contributed by atoms with Gasteiger partial charge in [-0.25, -0.2) is 9.59 Å². The van der Waals surface area contributed by atoms with E-state index < -0.39 is 12.1 Å². The average Bonchev–Trinajstić information content (AvgIpc) is 2.86. The molecule has 0 spiro atoms. The Morgan fingerprint density at radius 2 is 1.53 bits per heavy atom. The molecule has 2 rings (SSSR count). The first-order valence-corrected chi connectivity index (χ1v) is 12.5. The Bertz CT molecular complexity index is 854. The van der Waals surface area contributed by atoms with Crippen molar-refractivity contribution in [3.8, 4) is 0 Å². The Morgan fingerprint density at radius 1 is 0.882 bits per heavy atom. The van der Waals surface area contributed by atoms with Crippen LogP contribution >= 0.6 is 0 Å². The summed E-state index contributed by atoms with van der Waals surface area (Å²) in [7, 11) is 1.83. The fourth-order valence-corrected chi connectivity index (χ4v) is 3.92. The van der Waals surface area contributed by atoms with Crippen LogP contribution in [-0.2, 0) is 22.4 Å². The summed E-state index contributed by atoms with van der Waals surface area (Å²) in [4.78, 5) is 28.3. The van der Waals surface area contributed by atoms with Gasteiger partial charge in [-0.1, -0.05) is 75.1 Å². The standard InChI is InChI=1S/C28H40N2O4/c1-4-6-7-8-12-20-30(28(33)29(3)25-13-10-9-11-14-25)21-19-23-15-17-24(18-16-23)22-26(27(31)32)34-5-2/h9-11,13-18,26H,4-8,12,19-22H2,1-3H3,(H,31,32). The molecule has 0 saturated heterocycles. The third-order valence-electron chi connectivity index (χ3n) is 5.99. The van der Waals surface area contributed by atoms with E-state index in [1.54, 1.807) is 11.8 Å². The number of hydrogen-bond donors (Lipinski definition) is 1. The van der Waals surface area contributed by atoms with Gasteiger partial charge in [0.1, 0.15) is 0 Å². The number of hydrogen-bond acceptors (Lipinski definition) is 3. The number of urea groups is 1. The first-order chi connectivity index (χ1) is 16.5. The topological polar surface area (TPSA) is 70.1 Å². The van der Waals surface area contributed by atoms with Crippen LogP contribution in [0.25, 0.3) is 0 Å². The number of benzene rings is 2. The molecular weight excluding hydrogens is 428 g/mol. The van der Waals surface area contributed by atoms with E-state index in [-0.39, 0.29) is 6.03 Å². The summed E-state index contributed by atoms with van der Waals surface area (Å²) in [5.41, 5.74) is 2.94. The first kappa shape index (κ1) is 27.4. The van der Waals surface area contributed by atoms with Crippen molar-refractivity contribution >= 4 is 17.7 Å². The molecule has 0 aliphatic heterocycles. The van der Waals surface area contributed by atoms with E-state index in [4.69, 9.17) is 4.74 Å². The van der Waals surface area contributed by atoms with Crippen molar-refractivity contribution in [2.24, 2.45) is 0 Å². The summed E-state index contributed by atoms with van der Waals surface area (Å²) in [5, 5.41) is 9.30. The quantitative estimate of drug-likeness (QED) is 0.336. The van der Waals surface area contributed by atoms with Crippen LogP contribution in [0.15, 0.2) is 54.6 Å². The van der Waals surface area contributed by atoms with Crippen LogP contribution < -0.4 is 4.90 Å². The zero-order valence-corrected chi connectivity index (χ0v) is 20.9. The van der Waals surface area contributed by atoms with Gasteiger partial charge in [-0.15, -0.1) is 0 Å². The number of carbonyl (C=O) groups excluding carboxylic acids is 1. The molecule has 1 unspecified atom stereocenters. The summed E-state index contributed by atoms with van der Waals surface area (Å²) in [6, 6.07) is 17.7. The van der Waals surface area contributed by atoms with E-state index >= 15 is 0 Å². The van der Waals surface area contributed by atoms with Gasteiger partial charge in [0, 0.05) is 38.9 Å². The number of carboxylic acid groups (broad SMARTS) is 1. The Balaban J connectivity index is 2.00. The van der Waals surface area contributed by atoms with Crippen LogP contribution in [-0.4, -0.2) is 54.9 Å². The normalized spacial score (nSPS) is 11.7. The number of anilines is 1. The molecule has 2 amide bonds. The van der Waals surface area contributed by atoms with E-state index in [1.807, 2.05) is 66.5 Å². The zero-order chi connectivity index (χ0) is 24.8. The van der Waals surface area contributed by atoms with Gasteiger partial charge in [-0.05, 0) is 43.0 Å². The highest BCUT2D eigenvalue weighted by Crippen LogP contribution is 2.16. The molecule has 1 atom stereocenters. The Kier molecular flexibility index (Phi) is 12.2. The molecule has 0 heterocycles. The molecule has 0 aromatic heterocycles. The lowest BCUT2D eigenvalue weighted by molar-refractivity contribution is -0.149. The number of rotatable bonds is 15. The lowest BCUT2D eigenvalue weighted by atomic mass is 10.0. The minimum absolute atomic E-state index is 0.0133. The summed E-state index contributed by atoms with van der Waals surface area (Å²) in [5.74, 6) is -0.943. The number of amides is 2. The van der Waals surface area contributed by atoms with Crippen molar-refractivity contribution < 1.29 is 19.4 Å². The van der Waals surface area contributed by atoms with Crippen molar-refractivity contribution in [3.05, 3.63) is 65.7 Å². The fourth-order valence-electron chi connectivity index (χ4n) is 3.92. The van der Waals surface area contributed by atoms with Crippen LogP contribution in [0.2, 0.25) is 0 Å². The molecule has 6 heteroatoms. The minimum atomic E-state index is -0.943. The van der Waals surface area contributed by atoms with Gasteiger partial charge in [0.15, 0.2) is 6.10 Å². The number of aliphatic carboxylic acids is 1. The monoisotopic (exact) mass is 468 g/mol. The molecule has 0 fully saturated rings. The molecule has 6 nitrogen and oxygen atoms in total. The van der Waals surface area contributed by atoms with Gasteiger partial charge in [0.05, 0.1) is 0 Å². The Hall–Kier alpha value is -2.86. The van der Waals surface area contributed by atoms with E-state index in [0.717, 1.165) is 42.6 Å². The summed E-state index contributed by atoms with van der Waals surface area (Å²) in [6.07, 6.45) is 6.03. The minimum Gasteiger partial charge on any atom is -0.479 e. The van der Waals surface area contributed by atoms with E-state index in [9.17, 15) is 14.7 Å². The number of carboxylic acids is 1. The second-order valence-corrected chi connectivity index (χ2v) is 8.63. The van der Waals surface area contributed by atoms with Gasteiger partial charge < -0.3 is 14.7 Å². The molecule has 1 N–H and O–H groups in total. The number of carbonyl (C=O) groups is 2. The van der Waals surface area contributed by atoms with Crippen molar-refractivity contribution in [1.29, 1.82) is 0 Å². The molecule has 0 aliphatic rings. The van der Waals surface area contributed by atoms with Gasteiger partial charge in [0.25, 0.3) is 0 Å². The van der Waals surface area contributed by atoms with Crippen LogP contribution in [0.4, 0.5) is 10.5 Å². The SMILES string of the molecule is CCCCCCCN(CCc1ccc(CC(OCC)C(=O)O)cc1)C(=O)N(C)c1ccccc1. The number of nitrogens with zero attached hydrogens (tertiary/aromatic N) is 2. The molecule has 0 aliphatic carbocycles. The predicted octanol–water partition coefficient (Wildman–Crippen LogP) is 5.79. The zero-order valence-electron chi connectivity index (χ0n) is 20.9. The largest absolute Gasteiger partial charge is 0.479 e. The number of para-hydroxylation sites is 1. The molecule has 2 aromatic carbocycles. The molecule has 0 bridgehead atoms. The Labute approximate surface area is 204 Å². The van der Waals surface area contributed by atoms with Crippen molar-refractivity contribution in [2.75, 3.05) is 31.6 Å². The summed E-state index contributed by atoms with van der Waals surface area (Å²) in [6.45, 7) is 5.75. The van der Waals surface area contributed by atoms with Crippen LogP contribution in [0.3, 0.4) is 0 Å². The van der Waals surface area contributed by atoms with E-state index in [0.29, 0.717) is 19.6 Å². The molecule has 2 aromatic rings. The summed E-state index contributed by atoms with van der Waals surface area (Å²) >= 11 is 0. The average molecular weight is 469 g/mol. The maximum atomic E-state index is 13.3. The first-order valence-electron chi connectivity index (χ1n) is 12.5. The maximum Gasteiger partial charge on any atom is 0.333 e. The molecule has 0 radical (unpaired) electrons. The third kappa shape index (κ3) is 9.18. The van der Waals surface area contributed by atoms with Crippen molar-refractivity contribution in [3.63, 3.8) is 0 Å². The highest BCUT2D eigenvalue weighted by Gasteiger charge is 2.20. The van der Waals surface area contributed by atoms with Gasteiger partial charge in [-0.2, -0.15) is 0 Å². The second kappa shape index (κ2) is 15.1. The number of unbranched alkanes of at least 4 members (excludes halogenated alkanes) is 4. The second-order valence-electron chi connectivity index (χ2n) is 8.63. The lowest BCUT2D eigenvalue weighted by Crippen LogP contribution is -2.42.